The summed E-state index contributed by atoms with van der Waals surface area (Å²) in [6.07, 6.45) is -4.27. The summed E-state index contributed by atoms with van der Waals surface area (Å²) < 4.78 is 44.3. The number of nitrogens with zero attached hydrogens (tertiary/aromatic N) is 2. The van der Waals surface area contributed by atoms with Crippen LogP contribution in [0.5, 0.6) is 5.75 Å². The molecule has 0 aliphatic carbocycles. The van der Waals surface area contributed by atoms with E-state index >= 15 is 0 Å². The van der Waals surface area contributed by atoms with Crippen molar-refractivity contribution in [2.75, 3.05) is 26.2 Å². The predicted octanol–water partition coefficient (Wildman–Crippen LogP) is 3.68. The van der Waals surface area contributed by atoms with E-state index in [4.69, 9.17) is 10.5 Å². The fourth-order valence-electron chi connectivity index (χ4n) is 5.25. The van der Waals surface area contributed by atoms with Crippen molar-refractivity contribution >= 4 is 5.91 Å². The van der Waals surface area contributed by atoms with E-state index in [0.29, 0.717) is 6.54 Å². The maximum Gasteiger partial charge on any atom is 0.416 e. The molecule has 4 atom stereocenters. The van der Waals surface area contributed by atoms with Gasteiger partial charge in [0.2, 0.25) is 0 Å². The second-order valence-corrected chi connectivity index (χ2v) is 9.55. The van der Waals surface area contributed by atoms with E-state index in [1.807, 2.05) is 19.1 Å². The standard InChI is InChI=1S/C26H32F3N3O3/c1-15-16(2)24(35-14-22(33)11-30)9-8-23(15)17(3)31-12-21-10-20(31)13-32(21)25(34)18-4-6-19(7-5-18)26(27,28)29/h4-9,17,20-22,33H,10-14,30H2,1-3H3/t17-,20-,21-,22-/m0/s1. The smallest absolute Gasteiger partial charge is 0.416 e. The van der Waals surface area contributed by atoms with Crippen molar-refractivity contribution in [1.82, 2.24) is 9.80 Å². The Morgan fingerprint density at radius 1 is 1.11 bits per heavy atom. The van der Waals surface area contributed by atoms with Crippen LogP contribution >= 0.6 is 0 Å². The van der Waals surface area contributed by atoms with Gasteiger partial charge in [-0.3, -0.25) is 9.69 Å². The lowest BCUT2D eigenvalue weighted by Crippen LogP contribution is -2.49. The normalized spacial score (nSPS) is 21.9. The minimum atomic E-state index is -4.42. The molecule has 2 aromatic rings. The number of benzene rings is 2. The third-order valence-corrected chi connectivity index (χ3v) is 7.43. The number of carbonyl (C=O) groups excluding carboxylic acids is 1. The van der Waals surface area contributed by atoms with Gasteiger partial charge < -0.3 is 20.5 Å². The molecule has 2 aliphatic rings. The Kier molecular flexibility index (Phi) is 7.13. The van der Waals surface area contributed by atoms with Gasteiger partial charge in [0, 0.05) is 43.3 Å². The number of piperazine rings is 1. The lowest BCUT2D eigenvalue weighted by molar-refractivity contribution is -0.137. The van der Waals surface area contributed by atoms with Crippen LogP contribution in [0.4, 0.5) is 13.2 Å². The van der Waals surface area contributed by atoms with E-state index in [0.717, 1.165) is 42.0 Å². The summed E-state index contributed by atoms with van der Waals surface area (Å²) in [4.78, 5) is 17.2. The van der Waals surface area contributed by atoms with Gasteiger partial charge in [-0.2, -0.15) is 13.2 Å². The van der Waals surface area contributed by atoms with Crippen LogP contribution in [0.15, 0.2) is 36.4 Å². The van der Waals surface area contributed by atoms with Gasteiger partial charge in [-0.05, 0) is 74.2 Å². The van der Waals surface area contributed by atoms with Crippen LogP contribution in [0.25, 0.3) is 0 Å². The number of hydrogen-bond donors (Lipinski definition) is 2. The molecule has 9 heteroatoms. The number of ether oxygens (including phenoxy) is 1. The molecule has 3 N–H and O–H groups in total. The Morgan fingerprint density at radius 2 is 1.80 bits per heavy atom. The predicted molar refractivity (Wildman–Crippen MR) is 126 cm³/mol. The lowest BCUT2D eigenvalue weighted by Gasteiger charge is -2.38. The summed E-state index contributed by atoms with van der Waals surface area (Å²) in [5, 5.41) is 9.67. The number of aliphatic hydroxyl groups is 1. The molecule has 4 rings (SSSR count). The second-order valence-electron chi connectivity index (χ2n) is 9.55. The first-order valence-corrected chi connectivity index (χ1v) is 11.9. The van der Waals surface area contributed by atoms with Gasteiger partial charge in [0.25, 0.3) is 5.91 Å². The summed E-state index contributed by atoms with van der Waals surface area (Å²) in [6, 6.07) is 8.80. The summed E-state index contributed by atoms with van der Waals surface area (Å²) in [7, 11) is 0. The van der Waals surface area contributed by atoms with Crippen LogP contribution in [0.2, 0.25) is 0 Å². The Balaban J connectivity index is 1.42. The van der Waals surface area contributed by atoms with Crippen molar-refractivity contribution in [2.45, 2.75) is 57.6 Å². The summed E-state index contributed by atoms with van der Waals surface area (Å²) >= 11 is 0. The minimum Gasteiger partial charge on any atom is -0.491 e. The van der Waals surface area contributed by atoms with Gasteiger partial charge in [0.1, 0.15) is 18.5 Å². The maximum absolute atomic E-state index is 13.0. The topological polar surface area (TPSA) is 79.0 Å². The molecule has 2 aromatic carbocycles. The summed E-state index contributed by atoms with van der Waals surface area (Å²) in [6.45, 7) is 7.78. The van der Waals surface area contributed by atoms with E-state index < -0.39 is 17.8 Å². The molecule has 0 radical (unpaired) electrons. The number of amides is 1. The number of alkyl halides is 3. The van der Waals surface area contributed by atoms with Gasteiger partial charge in [-0.25, -0.2) is 0 Å². The molecule has 6 nitrogen and oxygen atoms in total. The Morgan fingerprint density at radius 3 is 2.37 bits per heavy atom. The van der Waals surface area contributed by atoms with Gasteiger partial charge in [0.05, 0.1) is 5.56 Å². The number of aliphatic hydroxyl groups excluding tert-OH is 1. The minimum absolute atomic E-state index is 0.0407. The first-order valence-electron chi connectivity index (χ1n) is 11.9. The van der Waals surface area contributed by atoms with Gasteiger partial charge in [-0.1, -0.05) is 6.07 Å². The third-order valence-electron chi connectivity index (χ3n) is 7.43. The molecule has 0 spiro atoms. The van der Waals surface area contributed by atoms with Crippen LogP contribution in [-0.4, -0.2) is 65.2 Å². The average Bonchev–Trinajstić information content (AvgIpc) is 3.45. The lowest BCUT2D eigenvalue weighted by atomic mass is 9.96. The molecule has 2 aliphatic heterocycles. The molecule has 0 saturated carbocycles. The van der Waals surface area contributed by atoms with E-state index in [1.165, 1.54) is 17.7 Å². The SMILES string of the molecule is Cc1c(OC[C@@H](O)CN)ccc([C@H](C)N2C[C@@H]3C[C@H]2CN3C(=O)c2ccc(C(F)(F)F)cc2)c1C. The number of hydrogen-bond acceptors (Lipinski definition) is 5. The number of fused-ring (bicyclic) bond motifs is 2. The van der Waals surface area contributed by atoms with Crippen LogP contribution in [0.1, 0.15) is 52.0 Å². The van der Waals surface area contributed by atoms with E-state index in [2.05, 4.69) is 18.7 Å². The van der Waals surface area contributed by atoms with Gasteiger partial charge >= 0.3 is 6.18 Å². The monoisotopic (exact) mass is 491 g/mol. The second kappa shape index (κ2) is 9.79. The van der Waals surface area contributed by atoms with Crippen molar-refractivity contribution < 1.29 is 27.8 Å². The highest BCUT2D eigenvalue weighted by Crippen LogP contribution is 2.39. The molecule has 1 amide bonds. The average molecular weight is 492 g/mol. The number of likely N-dealkylation sites (tertiary alicyclic amines) is 2. The van der Waals surface area contributed by atoms with E-state index in [1.54, 1.807) is 4.90 Å². The zero-order valence-electron chi connectivity index (χ0n) is 20.2. The highest BCUT2D eigenvalue weighted by molar-refractivity contribution is 5.94. The van der Waals surface area contributed by atoms with Crippen LogP contribution < -0.4 is 10.5 Å². The van der Waals surface area contributed by atoms with E-state index in [-0.39, 0.29) is 42.7 Å². The van der Waals surface area contributed by atoms with Crippen molar-refractivity contribution in [2.24, 2.45) is 5.73 Å². The third kappa shape index (κ3) is 5.03. The summed E-state index contributed by atoms with van der Waals surface area (Å²) in [5.74, 6) is 0.508. The Hall–Kier alpha value is -2.62. The van der Waals surface area contributed by atoms with Crippen LogP contribution in [-0.2, 0) is 6.18 Å². The molecule has 0 unspecified atom stereocenters. The molecule has 0 aromatic heterocycles. The van der Waals surface area contributed by atoms with Gasteiger partial charge in [0.15, 0.2) is 0 Å². The number of nitrogens with two attached hydrogens (primary N) is 1. The molecular weight excluding hydrogens is 459 g/mol. The number of carbonyl (C=O) groups is 1. The van der Waals surface area contributed by atoms with Crippen molar-refractivity contribution in [3.05, 3.63) is 64.2 Å². The largest absolute Gasteiger partial charge is 0.491 e. The maximum atomic E-state index is 13.0. The highest BCUT2D eigenvalue weighted by Gasteiger charge is 2.47. The Bertz CT molecular complexity index is 1070. The van der Waals surface area contributed by atoms with Crippen LogP contribution in [0.3, 0.4) is 0 Å². The zero-order chi connectivity index (χ0) is 25.5. The zero-order valence-corrected chi connectivity index (χ0v) is 20.2. The molecule has 2 heterocycles. The van der Waals surface area contributed by atoms with E-state index in [9.17, 15) is 23.1 Å². The Labute approximate surface area is 203 Å². The molecule has 2 bridgehead atoms. The molecule has 2 saturated heterocycles. The number of halogens is 3. The number of rotatable bonds is 7. The molecular formula is C26H32F3N3O3. The molecule has 35 heavy (non-hydrogen) atoms. The highest BCUT2D eigenvalue weighted by atomic mass is 19.4. The fourth-order valence-corrected chi connectivity index (χ4v) is 5.25. The first kappa shape index (κ1) is 25.5. The van der Waals surface area contributed by atoms with Crippen molar-refractivity contribution in [3.8, 4) is 5.75 Å². The molecule has 190 valence electrons. The van der Waals surface area contributed by atoms with Crippen molar-refractivity contribution in [1.29, 1.82) is 0 Å². The van der Waals surface area contributed by atoms with Gasteiger partial charge in [-0.15, -0.1) is 0 Å². The fraction of sp³-hybridized carbons (Fsp3) is 0.500. The quantitative estimate of drug-likeness (QED) is 0.618. The molecule has 2 fully saturated rings. The van der Waals surface area contributed by atoms with Crippen molar-refractivity contribution in [3.63, 3.8) is 0 Å². The first-order chi connectivity index (χ1) is 16.5. The summed E-state index contributed by atoms with van der Waals surface area (Å²) in [5.41, 5.74) is 8.30. The van der Waals surface area contributed by atoms with Crippen LogP contribution in [0, 0.1) is 13.8 Å².